The van der Waals surface area contributed by atoms with Gasteiger partial charge in [0.1, 0.15) is 17.0 Å². The molecular formula is C19H13F3N4S. The molecule has 1 atom stereocenters. The van der Waals surface area contributed by atoms with Gasteiger partial charge in [0.15, 0.2) is 0 Å². The Morgan fingerprint density at radius 1 is 1.26 bits per heavy atom. The van der Waals surface area contributed by atoms with Gasteiger partial charge < -0.3 is 5.32 Å². The summed E-state index contributed by atoms with van der Waals surface area (Å²) in [5, 5.41) is 14.8. The lowest BCUT2D eigenvalue weighted by atomic mass is 10.0. The number of benzene rings is 1. The van der Waals surface area contributed by atoms with Crippen LogP contribution in [0.2, 0.25) is 0 Å². The summed E-state index contributed by atoms with van der Waals surface area (Å²) in [6, 6.07) is 6.87. The van der Waals surface area contributed by atoms with Crippen molar-refractivity contribution in [3.05, 3.63) is 52.7 Å². The lowest BCUT2D eigenvalue weighted by Gasteiger charge is -2.12. The van der Waals surface area contributed by atoms with Crippen molar-refractivity contribution in [2.24, 2.45) is 0 Å². The second kappa shape index (κ2) is 7.65. The maximum atomic E-state index is 13.2. The molecule has 0 amide bonds. The highest BCUT2D eigenvalue weighted by atomic mass is 32.1. The predicted molar refractivity (Wildman–Crippen MR) is 98.2 cm³/mol. The molecule has 1 unspecified atom stereocenters. The molecule has 0 radical (unpaired) electrons. The van der Waals surface area contributed by atoms with Gasteiger partial charge in [0, 0.05) is 18.0 Å². The van der Waals surface area contributed by atoms with Gasteiger partial charge in [-0.3, -0.25) is 0 Å². The molecule has 0 spiro atoms. The Morgan fingerprint density at radius 3 is 2.81 bits per heavy atom. The van der Waals surface area contributed by atoms with E-state index < -0.39 is 11.7 Å². The zero-order chi connectivity index (χ0) is 19.4. The maximum Gasteiger partial charge on any atom is 0.417 e. The molecule has 136 valence electrons. The molecule has 0 saturated heterocycles. The number of nitrogens with zero attached hydrogens (tertiary/aromatic N) is 3. The number of nitrogens with one attached hydrogen (secondary N) is 1. The number of alkyl halides is 3. The van der Waals surface area contributed by atoms with Gasteiger partial charge in [0.25, 0.3) is 0 Å². The number of anilines is 1. The number of rotatable bonds is 3. The molecule has 2 aromatic heterocycles. The molecular weight excluding hydrogens is 373 g/mol. The van der Waals surface area contributed by atoms with Crippen molar-refractivity contribution in [3.8, 4) is 17.9 Å². The van der Waals surface area contributed by atoms with E-state index in [0.29, 0.717) is 12.2 Å². The Bertz CT molecular complexity index is 1070. The van der Waals surface area contributed by atoms with Crippen molar-refractivity contribution in [2.75, 3.05) is 5.32 Å². The molecule has 0 aliphatic heterocycles. The summed E-state index contributed by atoms with van der Waals surface area (Å²) in [4.78, 5) is 9.23. The third-order valence-electron chi connectivity index (χ3n) is 3.73. The Hall–Kier alpha value is -3.10. The molecule has 27 heavy (non-hydrogen) atoms. The number of nitriles is 1. The molecule has 8 heteroatoms. The summed E-state index contributed by atoms with van der Waals surface area (Å²) in [5.41, 5.74) is -1.09. The van der Waals surface area contributed by atoms with Crippen LogP contribution in [-0.2, 0) is 6.18 Å². The number of hydrogen-bond acceptors (Lipinski definition) is 5. The lowest BCUT2D eigenvalue weighted by Crippen LogP contribution is -2.15. The first-order valence-electron chi connectivity index (χ1n) is 7.93. The van der Waals surface area contributed by atoms with Crippen LogP contribution in [0.25, 0.3) is 10.2 Å². The predicted octanol–water partition coefficient (Wildman–Crippen LogP) is 4.82. The largest absolute Gasteiger partial charge is 0.417 e. The van der Waals surface area contributed by atoms with Crippen LogP contribution in [0.5, 0.6) is 0 Å². The highest BCUT2D eigenvalue weighted by Gasteiger charge is 2.33. The number of hydrogen-bond donors (Lipinski definition) is 1. The average Bonchev–Trinajstić information content (AvgIpc) is 3.11. The summed E-state index contributed by atoms with van der Waals surface area (Å²) >= 11 is 1.50. The van der Waals surface area contributed by atoms with E-state index in [-0.39, 0.29) is 17.2 Å². The van der Waals surface area contributed by atoms with Crippen molar-refractivity contribution >= 4 is 27.4 Å². The molecule has 4 nitrogen and oxygen atoms in total. The fourth-order valence-electron chi connectivity index (χ4n) is 2.45. The normalized spacial score (nSPS) is 12.1. The van der Waals surface area contributed by atoms with Gasteiger partial charge in [-0.1, -0.05) is 11.8 Å². The molecule has 0 aliphatic carbocycles. The third kappa shape index (κ3) is 4.36. The summed E-state index contributed by atoms with van der Waals surface area (Å²) in [6.45, 7) is 1.87. The fourth-order valence-corrected chi connectivity index (χ4v) is 3.18. The Kier molecular flexibility index (Phi) is 5.29. The smallest absolute Gasteiger partial charge is 0.366 e. The lowest BCUT2D eigenvalue weighted by molar-refractivity contribution is -0.137. The van der Waals surface area contributed by atoms with Crippen LogP contribution in [0.15, 0.2) is 36.0 Å². The van der Waals surface area contributed by atoms with Crippen LogP contribution < -0.4 is 5.32 Å². The standard InChI is InChI=1S/C19H13F3N4S/c1-12(26-17-15-7-8-27-18(15)25-11-24-17)3-2-4-14-6-5-13(10-23)9-16(14)19(20,21)22/h5-9,11-12H,3H2,1H3,(H,24,25,26). The monoisotopic (exact) mass is 386 g/mol. The van der Waals surface area contributed by atoms with Gasteiger partial charge in [0.05, 0.1) is 22.6 Å². The van der Waals surface area contributed by atoms with Crippen molar-refractivity contribution < 1.29 is 13.2 Å². The van der Waals surface area contributed by atoms with Crippen molar-refractivity contribution in [1.29, 1.82) is 5.26 Å². The Labute approximate surface area is 157 Å². The van der Waals surface area contributed by atoms with Crippen molar-refractivity contribution in [3.63, 3.8) is 0 Å². The minimum Gasteiger partial charge on any atom is -0.366 e. The van der Waals surface area contributed by atoms with Crippen molar-refractivity contribution in [1.82, 2.24) is 9.97 Å². The highest BCUT2D eigenvalue weighted by Crippen LogP contribution is 2.32. The van der Waals surface area contributed by atoms with Gasteiger partial charge >= 0.3 is 6.18 Å². The zero-order valence-electron chi connectivity index (χ0n) is 14.1. The van der Waals surface area contributed by atoms with E-state index in [0.717, 1.165) is 16.3 Å². The summed E-state index contributed by atoms with van der Waals surface area (Å²) in [5.74, 6) is 6.02. The molecule has 1 N–H and O–H groups in total. The van der Waals surface area contributed by atoms with Crippen LogP contribution in [-0.4, -0.2) is 16.0 Å². The number of aromatic nitrogens is 2. The van der Waals surface area contributed by atoms with Gasteiger partial charge in [0.2, 0.25) is 0 Å². The van der Waals surface area contributed by atoms with Crippen LogP contribution in [0.1, 0.15) is 30.0 Å². The minimum atomic E-state index is -4.56. The maximum absolute atomic E-state index is 13.2. The average molecular weight is 386 g/mol. The van der Waals surface area contributed by atoms with Crippen LogP contribution in [0.3, 0.4) is 0 Å². The zero-order valence-corrected chi connectivity index (χ0v) is 14.9. The van der Waals surface area contributed by atoms with Crippen LogP contribution >= 0.6 is 11.3 Å². The molecule has 0 bridgehead atoms. The quantitative estimate of drug-likeness (QED) is 0.656. The first-order valence-corrected chi connectivity index (χ1v) is 8.81. The number of halogens is 3. The molecule has 0 aliphatic rings. The SMILES string of the molecule is CC(CC#Cc1ccc(C#N)cc1C(F)(F)F)Nc1ncnc2sccc12. The first kappa shape index (κ1) is 18.7. The minimum absolute atomic E-state index is 0.0496. The number of thiophene rings is 1. The van der Waals surface area contributed by atoms with E-state index in [1.54, 1.807) is 6.07 Å². The van der Waals surface area contributed by atoms with Gasteiger partial charge in [-0.2, -0.15) is 18.4 Å². The summed E-state index contributed by atoms with van der Waals surface area (Å²) in [7, 11) is 0. The van der Waals surface area contributed by atoms with E-state index >= 15 is 0 Å². The van der Waals surface area contributed by atoms with Gasteiger partial charge in [-0.25, -0.2) is 9.97 Å². The second-order valence-corrected chi connectivity index (χ2v) is 6.68. The molecule has 3 aromatic rings. The van der Waals surface area contributed by atoms with E-state index in [1.165, 1.54) is 29.8 Å². The topological polar surface area (TPSA) is 61.6 Å². The van der Waals surface area contributed by atoms with E-state index in [9.17, 15) is 13.2 Å². The number of fused-ring (bicyclic) bond motifs is 1. The van der Waals surface area contributed by atoms with Gasteiger partial charge in [-0.05, 0) is 36.6 Å². The van der Waals surface area contributed by atoms with Gasteiger partial charge in [-0.15, -0.1) is 11.3 Å². The first-order chi connectivity index (χ1) is 12.9. The van der Waals surface area contributed by atoms with Crippen LogP contribution in [0, 0.1) is 23.2 Å². The van der Waals surface area contributed by atoms with E-state index in [1.807, 2.05) is 18.4 Å². The van der Waals surface area contributed by atoms with Crippen molar-refractivity contribution in [2.45, 2.75) is 25.6 Å². The van der Waals surface area contributed by atoms with E-state index in [2.05, 4.69) is 27.1 Å². The molecule has 0 saturated carbocycles. The fraction of sp³-hybridized carbons (Fsp3) is 0.211. The highest BCUT2D eigenvalue weighted by molar-refractivity contribution is 7.16. The molecule has 2 heterocycles. The molecule has 1 aromatic carbocycles. The Morgan fingerprint density at radius 2 is 2.07 bits per heavy atom. The van der Waals surface area contributed by atoms with E-state index in [4.69, 9.17) is 5.26 Å². The second-order valence-electron chi connectivity index (χ2n) is 5.78. The summed E-state index contributed by atoms with van der Waals surface area (Å²) < 4.78 is 39.5. The Balaban J connectivity index is 1.75. The summed E-state index contributed by atoms with van der Waals surface area (Å²) in [6.07, 6.45) is -2.77. The third-order valence-corrected chi connectivity index (χ3v) is 4.55. The molecule has 3 rings (SSSR count). The molecule has 0 fully saturated rings. The van der Waals surface area contributed by atoms with Crippen LogP contribution in [0.4, 0.5) is 19.0 Å².